The quantitative estimate of drug-likeness (QED) is 0.637. The van der Waals surface area contributed by atoms with E-state index in [-0.39, 0.29) is 17.5 Å². The van der Waals surface area contributed by atoms with Crippen molar-refractivity contribution in [2.75, 3.05) is 27.2 Å². The summed E-state index contributed by atoms with van der Waals surface area (Å²) in [4.78, 5) is 18.1. The molecule has 2 N–H and O–H groups in total. The second-order valence-corrected chi connectivity index (χ2v) is 10.2. The average Bonchev–Trinajstić information content (AvgIpc) is 3.22. The minimum absolute atomic E-state index is 0.158. The Labute approximate surface area is 183 Å². The van der Waals surface area contributed by atoms with E-state index in [0.29, 0.717) is 24.6 Å². The van der Waals surface area contributed by atoms with Crippen molar-refractivity contribution in [2.45, 2.75) is 30.2 Å². The Balaban J connectivity index is 1.37. The molecule has 3 aromatic rings. The lowest BCUT2D eigenvalue weighted by Crippen LogP contribution is -2.44. The summed E-state index contributed by atoms with van der Waals surface area (Å²) in [5.74, 6) is 0.422. The Bertz CT molecular complexity index is 1180. The maximum atomic E-state index is 12.7. The van der Waals surface area contributed by atoms with Gasteiger partial charge in [-0.1, -0.05) is 36.4 Å². The van der Waals surface area contributed by atoms with Gasteiger partial charge in [0.2, 0.25) is 10.0 Å². The van der Waals surface area contributed by atoms with Gasteiger partial charge in [-0.15, -0.1) is 0 Å². The summed E-state index contributed by atoms with van der Waals surface area (Å²) in [5, 5.41) is 4.15. The fraction of sp³-hybridized carbons (Fsp3) is 0.348. The van der Waals surface area contributed by atoms with E-state index in [2.05, 4.69) is 34.7 Å². The predicted molar refractivity (Wildman–Crippen MR) is 121 cm³/mol. The van der Waals surface area contributed by atoms with Gasteiger partial charge in [0.15, 0.2) is 0 Å². The smallest absolute Gasteiger partial charge is 0.317 e. The predicted octanol–water partition coefficient (Wildman–Crippen LogP) is 3.51. The van der Waals surface area contributed by atoms with Crippen LogP contribution in [0.5, 0.6) is 0 Å². The summed E-state index contributed by atoms with van der Waals surface area (Å²) < 4.78 is 26.3. The lowest BCUT2D eigenvalue weighted by atomic mass is 9.89. The zero-order valence-electron chi connectivity index (χ0n) is 17.8. The number of hydrogen-bond donors (Lipinski definition) is 2. The van der Waals surface area contributed by atoms with Crippen molar-refractivity contribution in [3.8, 4) is 0 Å². The first-order valence-corrected chi connectivity index (χ1v) is 11.9. The SMILES string of the molecule is CN(C)S(=O)(=O)c1ccccc1CNC(=O)N1CCC(c2c[nH]c3ccccc23)CC1. The molecular formula is C23H28N4O3S. The number of para-hydroxylation sites is 1. The zero-order chi connectivity index (χ0) is 22.0. The van der Waals surface area contributed by atoms with Crippen LogP contribution in [0.2, 0.25) is 0 Å². The van der Waals surface area contributed by atoms with Crippen molar-refractivity contribution in [3.05, 3.63) is 65.9 Å². The number of nitrogens with one attached hydrogen (secondary N) is 2. The Morgan fingerprint density at radius 2 is 1.77 bits per heavy atom. The molecule has 164 valence electrons. The highest BCUT2D eigenvalue weighted by Crippen LogP contribution is 2.33. The third-order valence-corrected chi connectivity index (χ3v) is 7.92. The number of H-pyrrole nitrogens is 1. The number of urea groups is 1. The largest absolute Gasteiger partial charge is 0.361 e. The molecule has 1 fully saturated rings. The number of carbonyl (C=O) groups is 1. The molecule has 0 bridgehead atoms. The highest BCUT2D eigenvalue weighted by Gasteiger charge is 2.26. The maximum Gasteiger partial charge on any atom is 0.317 e. The normalized spacial score (nSPS) is 15.5. The summed E-state index contributed by atoms with van der Waals surface area (Å²) in [5.41, 5.74) is 3.04. The number of aromatic amines is 1. The summed E-state index contributed by atoms with van der Waals surface area (Å²) in [6.07, 6.45) is 3.90. The van der Waals surface area contributed by atoms with E-state index in [1.165, 1.54) is 29.4 Å². The number of sulfonamides is 1. The maximum absolute atomic E-state index is 12.7. The van der Waals surface area contributed by atoms with Crippen LogP contribution in [0, 0.1) is 0 Å². The number of hydrogen-bond acceptors (Lipinski definition) is 3. The van der Waals surface area contributed by atoms with E-state index < -0.39 is 10.0 Å². The van der Waals surface area contributed by atoms with Gasteiger partial charge in [-0.3, -0.25) is 0 Å². The highest BCUT2D eigenvalue weighted by atomic mass is 32.2. The molecule has 1 aliphatic rings. The standard InChI is InChI=1S/C23H28N4O3S/c1-26(2)31(29,30)22-10-6-3-7-18(22)15-25-23(28)27-13-11-17(12-14-27)20-16-24-21-9-5-4-8-19(20)21/h3-10,16-17,24H,11-15H2,1-2H3,(H,25,28). The van der Waals surface area contributed by atoms with Gasteiger partial charge in [0, 0.05) is 50.8 Å². The number of carbonyl (C=O) groups excluding carboxylic acids is 1. The van der Waals surface area contributed by atoms with Crippen molar-refractivity contribution in [2.24, 2.45) is 0 Å². The van der Waals surface area contributed by atoms with Gasteiger partial charge < -0.3 is 15.2 Å². The molecule has 2 heterocycles. The number of piperidine rings is 1. The number of aromatic nitrogens is 1. The van der Waals surface area contributed by atoms with Crippen molar-refractivity contribution in [1.29, 1.82) is 0 Å². The van der Waals surface area contributed by atoms with Crippen LogP contribution in [-0.2, 0) is 16.6 Å². The number of rotatable bonds is 5. The van der Waals surface area contributed by atoms with Gasteiger partial charge >= 0.3 is 6.03 Å². The zero-order valence-corrected chi connectivity index (χ0v) is 18.7. The third kappa shape index (κ3) is 4.31. The number of likely N-dealkylation sites (tertiary alicyclic amines) is 1. The van der Waals surface area contributed by atoms with E-state index in [4.69, 9.17) is 0 Å². The molecule has 0 spiro atoms. The average molecular weight is 441 g/mol. The van der Waals surface area contributed by atoms with Crippen molar-refractivity contribution in [1.82, 2.24) is 19.5 Å². The van der Waals surface area contributed by atoms with Crippen LogP contribution in [0.1, 0.15) is 29.9 Å². The van der Waals surface area contributed by atoms with E-state index >= 15 is 0 Å². The Morgan fingerprint density at radius 1 is 1.10 bits per heavy atom. The van der Waals surface area contributed by atoms with Crippen LogP contribution in [0.4, 0.5) is 4.79 Å². The molecule has 1 saturated heterocycles. The van der Waals surface area contributed by atoms with Crippen LogP contribution in [0.15, 0.2) is 59.6 Å². The van der Waals surface area contributed by atoms with Crippen LogP contribution < -0.4 is 5.32 Å². The topological polar surface area (TPSA) is 85.5 Å². The lowest BCUT2D eigenvalue weighted by Gasteiger charge is -2.32. The number of amides is 2. The van der Waals surface area contributed by atoms with Gasteiger partial charge in [0.05, 0.1) is 4.90 Å². The van der Waals surface area contributed by atoms with Crippen LogP contribution in [0.3, 0.4) is 0 Å². The fourth-order valence-electron chi connectivity index (χ4n) is 4.21. The molecule has 1 aromatic heterocycles. The first kappa shape index (κ1) is 21.4. The van der Waals surface area contributed by atoms with E-state index in [9.17, 15) is 13.2 Å². The van der Waals surface area contributed by atoms with Crippen LogP contribution >= 0.6 is 0 Å². The van der Waals surface area contributed by atoms with Crippen molar-refractivity contribution < 1.29 is 13.2 Å². The minimum atomic E-state index is -3.57. The molecule has 0 saturated carbocycles. The fourth-order valence-corrected chi connectivity index (χ4v) is 5.32. The monoisotopic (exact) mass is 440 g/mol. The van der Waals surface area contributed by atoms with Gasteiger partial charge in [0.25, 0.3) is 0 Å². The molecule has 0 unspecified atom stereocenters. The van der Waals surface area contributed by atoms with E-state index in [1.807, 2.05) is 11.0 Å². The van der Waals surface area contributed by atoms with Crippen LogP contribution in [-0.4, -0.2) is 55.8 Å². The van der Waals surface area contributed by atoms with Crippen molar-refractivity contribution in [3.63, 3.8) is 0 Å². The summed E-state index contributed by atoms with van der Waals surface area (Å²) in [7, 11) is -0.560. The molecule has 2 aromatic carbocycles. The molecule has 2 amide bonds. The molecule has 0 radical (unpaired) electrons. The highest BCUT2D eigenvalue weighted by molar-refractivity contribution is 7.89. The number of fused-ring (bicyclic) bond motifs is 1. The van der Waals surface area contributed by atoms with E-state index in [0.717, 1.165) is 18.4 Å². The van der Waals surface area contributed by atoms with Gasteiger partial charge in [-0.2, -0.15) is 0 Å². The second-order valence-electron chi connectivity index (χ2n) is 8.10. The Hall–Kier alpha value is -2.84. The summed E-state index contributed by atoms with van der Waals surface area (Å²) in [6.45, 7) is 1.52. The van der Waals surface area contributed by atoms with Gasteiger partial charge in [0.1, 0.15) is 0 Å². The molecular weight excluding hydrogens is 412 g/mol. The van der Waals surface area contributed by atoms with Gasteiger partial charge in [-0.25, -0.2) is 17.5 Å². The van der Waals surface area contributed by atoms with E-state index in [1.54, 1.807) is 24.3 Å². The third-order valence-electron chi connectivity index (χ3n) is 6.00. The molecule has 0 aliphatic carbocycles. The second kappa shape index (κ2) is 8.72. The molecule has 4 rings (SSSR count). The first-order chi connectivity index (χ1) is 14.9. The summed E-state index contributed by atoms with van der Waals surface area (Å²) >= 11 is 0. The molecule has 31 heavy (non-hydrogen) atoms. The molecule has 8 heteroatoms. The van der Waals surface area contributed by atoms with Crippen molar-refractivity contribution >= 4 is 27.0 Å². The summed E-state index contributed by atoms with van der Waals surface area (Å²) in [6, 6.07) is 14.9. The number of benzene rings is 2. The Morgan fingerprint density at radius 3 is 2.52 bits per heavy atom. The minimum Gasteiger partial charge on any atom is -0.361 e. The Kier molecular flexibility index (Phi) is 6.02. The molecule has 1 aliphatic heterocycles. The lowest BCUT2D eigenvalue weighted by molar-refractivity contribution is 0.181. The molecule has 7 nitrogen and oxygen atoms in total. The molecule has 0 atom stereocenters. The first-order valence-electron chi connectivity index (χ1n) is 10.5. The van der Waals surface area contributed by atoms with Gasteiger partial charge in [-0.05, 0) is 42.0 Å². The van der Waals surface area contributed by atoms with Crippen LogP contribution in [0.25, 0.3) is 10.9 Å². The number of nitrogens with zero attached hydrogens (tertiary/aromatic N) is 2.